The van der Waals surface area contributed by atoms with Gasteiger partial charge in [0.15, 0.2) is 0 Å². The van der Waals surface area contributed by atoms with Gasteiger partial charge in [0, 0.05) is 42.9 Å². The van der Waals surface area contributed by atoms with E-state index >= 15 is 0 Å². The molecule has 0 aliphatic carbocycles. The summed E-state index contributed by atoms with van der Waals surface area (Å²) in [6, 6.07) is 11.8. The van der Waals surface area contributed by atoms with Crippen LogP contribution in [-0.4, -0.2) is 19.1 Å². The standard InChI is InChI=1S/C14H15BrN2O/c1-17(2)12-6-3-7-13(9-12)18-14-11(10-15)5-4-8-16-14/h3-9H,10H2,1-2H3. The second-order valence-corrected chi connectivity index (χ2v) is 4.66. The number of anilines is 1. The molecule has 94 valence electrons. The molecule has 18 heavy (non-hydrogen) atoms. The van der Waals surface area contributed by atoms with Crippen molar-refractivity contribution in [2.75, 3.05) is 19.0 Å². The predicted molar refractivity (Wildman–Crippen MR) is 77.7 cm³/mol. The number of halogens is 1. The SMILES string of the molecule is CN(C)c1cccc(Oc2ncccc2CBr)c1. The maximum Gasteiger partial charge on any atom is 0.223 e. The molecule has 0 aliphatic rings. The fourth-order valence-electron chi connectivity index (χ4n) is 1.55. The maximum absolute atomic E-state index is 5.82. The van der Waals surface area contributed by atoms with Gasteiger partial charge in [-0.05, 0) is 18.2 Å². The Kier molecular flexibility index (Phi) is 4.20. The highest BCUT2D eigenvalue weighted by Crippen LogP contribution is 2.27. The summed E-state index contributed by atoms with van der Waals surface area (Å²) in [5.74, 6) is 1.44. The minimum atomic E-state index is 0.644. The minimum absolute atomic E-state index is 0.644. The Hall–Kier alpha value is -1.55. The Morgan fingerprint density at radius 3 is 2.78 bits per heavy atom. The van der Waals surface area contributed by atoms with Gasteiger partial charge in [0.05, 0.1) is 0 Å². The summed E-state index contributed by atoms with van der Waals surface area (Å²) in [6.45, 7) is 0. The summed E-state index contributed by atoms with van der Waals surface area (Å²) < 4.78 is 5.82. The van der Waals surface area contributed by atoms with Crippen LogP contribution in [0.1, 0.15) is 5.56 Å². The van der Waals surface area contributed by atoms with Gasteiger partial charge < -0.3 is 9.64 Å². The van der Waals surface area contributed by atoms with Crippen molar-refractivity contribution in [3.63, 3.8) is 0 Å². The lowest BCUT2D eigenvalue weighted by molar-refractivity contribution is 0.458. The van der Waals surface area contributed by atoms with Gasteiger partial charge in [-0.3, -0.25) is 0 Å². The lowest BCUT2D eigenvalue weighted by Crippen LogP contribution is -2.08. The fraction of sp³-hybridized carbons (Fsp3) is 0.214. The molecule has 0 aliphatic heterocycles. The molecule has 0 spiro atoms. The maximum atomic E-state index is 5.82. The van der Waals surface area contributed by atoms with Crippen molar-refractivity contribution in [3.8, 4) is 11.6 Å². The summed E-state index contributed by atoms with van der Waals surface area (Å²) in [4.78, 5) is 6.29. The van der Waals surface area contributed by atoms with E-state index in [4.69, 9.17) is 4.74 Å². The summed E-state index contributed by atoms with van der Waals surface area (Å²) >= 11 is 3.43. The number of aromatic nitrogens is 1. The van der Waals surface area contributed by atoms with E-state index in [1.54, 1.807) is 6.20 Å². The van der Waals surface area contributed by atoms with Crippen molar-refractivity contribution in [1.29, 1.82) is 0 Å². The molecule has 0 bridgehead atoms. The van der Waals surface area contributed by atoms with Gasteiger partial charge >= 0.3 is 0 Å². The topological polar surface area (TPSA) is 25.4 Å². The van der Waals surface area contributed by atoms with Crippen molar-refractivity contribution in [3.05, 3.63) is 48.2 Å². The summed E-state index contributed by atoms with van der Waals surface area (Å²) in [5.41, 5.74) is 2.14. The summed E-state index contributed by atoms with van der Waals surface area (Å²) in [6.07, 6.45) is 1.73. The Balaban J connectivity index is 2.25. The first-order valence-electron chi connectivity index (χ1n) is 5.66. The third kappa shape index (κ3) is 3.01. The van der Waals surface area contributed by atoms with Gasteiger partial charge in [0.1, 0.15) is 5.75 Å². The largest absolute Gasteiger partial charge is 0.439 e. The van der Waals surface area contributed by atoms with E-state index in [2.05, 4.69) is 20.9 Å². The summed E-state index contributed by atoms with van der Waals surface area (Å²) in [7, 11) is 4.01. The van der Waals surface area contributed by atoms with Crippen LogP contribution in [0.25, 0.3) is 0 Å². The highest BCUT2D eigenvalue weighted by Gasteiger charge is 2.05. The Morgan fingerprint density at radius 1 is 1.22 bits per heavy atom. The van der Waals surface area contributed by atoms with Crippen LogP contribution in [0.5, 0.6) is 11.6 Å². The number of nitrogens with zero attached hydrogens (tertiary/aromatic N) is 2. The Bertz CT molecular complexity index is 529. The third-order valence-corrected chi connectivity index (χ3v) is 3.15. The minimum Gasteiger partial charge on any atom is -0.439 e. The lowest BCUT2D eigenvalue weighted by Gasteiger charge is -2.14. The van der Waals surface area contributed by atoms with Crippen LogP contribution in [0.4, 0.5) is 5.69 Å². The van der Waals surface area contributed by atoms with Gasteiger partial charge in [-0.1, -0.05) is 28.1 Å². The predicted octanol–water partition coefficient (Wildman–Crippen LogP) is 3.83. The summed E-state index contributed by atoms with van der Waals surface area (Å²) in [5, 5.41) is 0.726. The van der Waals surface area contributed by atoms with Crippen molar-refractivity contribution >= 4 is 21.6 Å². The molecule has 0 unspecified atom stereocenters. The quantitative estimate of drug-likeness (QED) is 0.803. The van der Waals surface area contributed by atoms with E-state index in [0.717, 1.165) is 22.3 Å². The van der Waals surface area contributed by atoms with Crippen LogP contribution >= 0.6 is 15.9 Å². The second kappa shape index (κ2) is 5.87. The van der Waals surface area contributed by atoms with Crippen molar-refractivity contribution in [2.45, 2.75) is 5.33 Å². The first-order chi connectivity index (χ1) is 8.70. The number of benzene rings is 1. The van der Waals surface area contributed by atoms with Crippen LogP contribution in [0.15, 0.2) is 42.6 Å². The first kappa shape index (κ1) is 12.9. The zero-order valence-corrected chi connectivity index (χ0v) is 12.0. The van der Waals surface area contributed by atoms with E-state index in [9.17, 15) is 0 Å². The van der Waals surface area contributed by atoms with E-state index < -0.39 is 0 Å². The zero-order valence-electron chi connectivity index (χ0n) is 10.4. The molecular weight excluding hydrogens is 292 g/mol. The molecule has 2 aromatic rings. The molecule has 1 aromatic carbocycles. The Labute approximate surface area is 116 Å². The first-order valence-corrected chi connectivity index (χ1v) is 6.78. The highest BCUT2D eigenvalue weighted by atomic mass is 79.9. The molecule has 0 saturated heterocycles. The molecule has 0 radical (unpaired) electrons. The number of rotatable bonds is 4. The highest BCUT2D eigenvalue weighted by molar-refractivity contribution is 9.08. The van der Waals surface area contributed by atoms with Crippen LogP contribution < -0.4 is 9.64 Å². The van der Waals surface area contributed by atoms with Gasteiger partial charge in [-0.15, -0.1) is 0 Å². The van der Waals surface area contributed by atoms with Gasteiger partial charge in [-0.25, -0.2) is 4.98 Å². The molecule has 1 heterocycles. The molecule has 0 N–H and O–H groups in total. The van der Waals surface area contributed by atoms with E-state index in [1.807, 2.05) is 55.4 Å². The van der Waals surface area contributed by atoms with Crippen LogP contribution in [0.3, 0.4) is 0 Å². The molecule has 2 rings (SSSR count). The normalized spacial score (nSPS) is 10.2. The molecule has 0 fully saturated rings. The van der Waals surface area contributed by atoms with Gasteiger partial charge in [0.25, 0.3) is 0 Å². The number of hydrogen-bond donors (Lipinski definition) is 0. The second-order valence-electron chi connectivity index (χ2n) is 4.10. The molecular formula is C14H15BrN2O. The lowest BCUT2D eigenvalue weighted by atomic mass is 10.3. The van der Waals surface area contributed by atoms with Crippen molar-refractivity contribution < 1.29 is 4.74 Å². The van der Waals surface area contributed by atoms with Gasteiger partial charge in [-0.2, -0.15) is 0 Å². The van der Waals surface area contributed by atoms with Crippen molar-refractivity contribution in [1.82, 2.24) is 4.98 Å². The van der Waals surface area contributed by atoms with Gasteiger partial charge in [0.2, 0.25) is 5.88 Å². The van der Waals surface area contributed by atoms with Crippen LogP contribution in [0.2, 0.25) is 0 Å². The molecule has 3 nitrogen and oxygen atoms in total. The monoisotopic (exact) mass is 306 g/mol. The van der Waals surface area contributed by atoms with E-state index in [0.29, 0.717) is 5.88 Å². The van der Waals surface area contributed by atoms with Crippen LogP contribution in [-0.2, 0) is 5.33 Å². The molecule has 1 aromatic heterocycles. The van der Waals surface area contributed by atoms with Crippen molar-refractivity contribution in [2.24, 2.45) is 0 Å². The smallest absolute Gasteiger partial charge is 0.223 e. The number of hydrogen-bond acceptors (Lipinski definition) is 3. The van der Waals surface area contributed by atoms with E-state index in [-0.39, 0.29) is 0 Å². The Morgan fingerprint density at radius 2 is 2.06 bits per heavy atom. The average molecular weight is 307 g/mol. The number of alkyl halides is 1. The molecule has 0 saturated carbocycles. The number of pyridine rings is 1. The fourth-order valence-corrected chi connectivity index (χ4v) is 1.98. The average Bonchev–Trinajstić information content (AvgIpc) is 2.39. The molecule has 0 amide bonds. The molecule has 0 atom stereocenters. The third-order valence-electron chi connectivity index (χ3n) is 2.54. The van der Waals surface area contributed by atoms with Crippen LogP contribution in [0, 0.1) is 0 Å². The zero-order chi connectivity index (χ0) is 13.0. The molecule has 4 heteroatoms. The number of ether oxygens (including phenoxy) is 1. The van der Waals surface area contributed by atoms with E-state index in [1.165, 1.54) is 0 Å².